The van der Waals surface area contributed by atoms with Gasteiger partial charge in [0.05, 0.1) is 11.3 Å². The lowest BCUT2D eigenvalue weighted by Gasteiger charge is -2.59. The van der Waals surface area contributed by atoms with Crippen LogP contribution in [0.2, 0.25) is 0 Å². The molecule has 0 fully saturated rings. The van der Waals surface area contributed by atoms with Gasteiger partial charge in [-0.15, -0.1) is 0 Å². The summed E-state index contributed by atoms with van der Waals surface area (Å²) in [6.45, 7) is 3.84. The topological polar surface area (TPSA) is 99.0 Å². The lowest BCUT2D eigenvalue weighted by molar-refractivity contribution is -0.137. The van der Waals surface area contributed by atoms with Crippen LogP contribution >= 0.6 is 9.91 Å². The Balaban J connectivity index is 1.80. The summed E-state index contributed by atoms with van der Waals surface area (Å²) in [5.41, 5.74) is 1.86. The highest BCUT2D eigenvalue weighted by Gasteiger charge is 2.37. The number of fused-ring (bicyclic) bond motifs is 1. The molecule has 3 aromatic rings. The van der Waals surface area contributed by atoms with Crippen LogP contribution in [0, 0.1) is 18.6 Å². The van der Waals surface area contributed by atoms with E-state index < -0.39 is 39.9 Å². The van der Waals surface area contributed by atoms with E-state index in [1.807, 2.05) is 13.8 Å². The highest BCUT2D eigenvalue weighted by atomic mass is 32.3. The Kier molecular flexibility index (Phi) is 6.63. The highest BCUT2D eigenvalue weighted by Crippen LogP contribution is 2.70. The molecule has 3 aromatic carbocycles. The van der Waals surface area contributed by atoms with Crippen molar-refractivity contribution in [2.75, 3.05) is 6.54 Å². The van der Waals surface area contributed by atoms with Gasteiger partial charge in [0.1, 0.15) is 23.5 Å². The number of hydrogen-bond donors (Lipinski definition) is 5. The van der Waals surface area contributed by atoms with Gasteiger partial charge in [-0.05, 0) is 54.3 Å². The Bertz CT molecular complexity index is 1280. The van der Waals surface area contributed by atoms with Gasteiger partial charge >= 0.3 is 5.97 Å². The van der Waals surface area contributed by atoms with Crippen LogP contribution in [-0.4, -0.2) is 32.8 Å². The van der Waals surface area contributed by atoms with Crippen molar-refractivity contribution in [2.24, 2.45) is 0 Å². The van der Waals surface area contributed by atoms with Crippen LogP contribution in [0.25, 0.3) is 0 Å². The second-order valence-electron chi connectivity index (χ2n) is 9.12. The number of rotatable bonds is 6. The molecular formula is C26H29F2NO5S. The molecule has 35 heavy (non-hydrogen) atoms. The Morgan fingerprint density at radius 1 is 1.14 bits per heavy atom. The van der Waals surface area contributed by atoms with Gasteiger partial charge in [-0.2, -0.15) is 0 Å². The molecule has 0 saturated carbocycles. The second-order valence-corrected chi connectivity index (χ2v) is 12.6. The number of carboxylic acids is 1. The molecule has 0 radical (unpaired) electrons. The summed E-state index contributed by atoms with van der Waals surface area (Å²) in [4.78, 5) is 11.9. The van der Waals surface area contributed by atoms with Gasteiger partial charge < -0.3 is 18.9 Å². The summed E-state index contributed by atoms with van der Waals surface area (Å²) in [6, 6.07) is 14.9. The average Bonchev–Trinajstić information content (AvgIpc) is 2.88. The fourth-order valence-electron chi connectivity index (χ4n) is 4.52. The fourth-order valence-corrected chi connectivity index (χ4v) is 7.59. The first-order chi connectivity index (χ1) is 16.4. The summed E-state index contributed by atoms with van der Waals surface area (Å²) in [5, 5.41) is 9.49. The van der Waals surface area contributed by atoms with Crippen molar-refractivity contribution >= 4 is 15.9 Å². The zero-order chi connectivity index (χ0) is 25.4. The number of halogens is 2. The molecular weight excluding hydrogens is 476 g/mol. The van der Waals surface area contributed by atoms with Crippen molar-refractivity contribution in [3.8, 4) is 5.75 Å². The van der Waals surface area contributed by atoms with E-state index in [0.717, 1.165) is 17.7 Å². The van der Waals surface area contributed by atoms with E-state index in [4.69, 9.17) is 4.74 Å². The van der Waals surface area contributed by atoms with Crippen LogP contribution in [0.4, 0.5) is 8.78 Å². The summed E-state index contributed by atoms with van der Waals surface area (Å²) in [7, 11) is -4.72. The smallest absolute Gasteiger partial charge is 0.304 e. The summed E-state index contributed by atoms with van der Waals surface area (Å²) >= 11 is 0. The van der Waals surface area contributed by atoms with E-state index in [1.165, 1.54) is 6.07 Å². The van der Waals surface area contributed by atoms with Gasteiger partial charge in [-0.25, -0.2) is 23.4 Å². The molecule has 1 aliphatic heterocycles. The second kappa shape index (κ2) is 9.23. The number of ether oxygens (including phenoxy) is 1. The summed E-state index contributed by atoms with van der Waals surface area (Å²) in [5.74, 6) is -3.40. The number of hydrogen-bond acceptors (Lipinski definition) is 5. The molecule has 0 spiro atoms. The molecule has 0 aromatic heterocycles. The van der Waals surface area contributed by atoms with Gasteiger partial charge in [-0.1, -0.05) is 36.4 Å². The first kappa shape index (κ1) is 25.1. The molecule has 0 amide bonds. The number of thiol groups is 1. The minimum absolute atomic E-state index is 0.0534. The van der Waals surface area contributed by atoms with Gasteiger partial charge in [0, 0.05) is 24.3 Å². The van der Waals surface area contributed by atoms with Crippen molar-refractivity contribution in [3.05, 3.63) is 94.6 Å². The van der Waals surface area contributed by atoms with Crippen molar-refractivity contribution in [1.82, 2.24) is 4.72 Å². The predicted octanol–water partition coefficient (Wildman–Crippen LogP) is 5.74. The Morgan fingerprint density at radius 3 is 2.60 bits per heavy atom. The van der Waals surface area contributed by atoms with Crippen LogP contribution < -0.4 is 9.46 Å². The SMILES string of the molecule is Cc1ccc(C(CC(=O)O)c2ccc(F)cc2F)cc1C[SH]1(O)(O)NC[C@@H](C)Oc2ccccc21. The van der Waals surface area contributed by atoms with Crippen molar-refractivity contribution in [3.63, 3.8) is 0 Å². The highest BCUT2D eigenvalue weighted by molar-refractivity contribution is 8.38. The Labute approximate surface area is 203 Å². The quantitative estimate of drug-likeness (QED) is 0.274. The molecule has 0 aliphatic carbocycles. The zero-order valence-corrected chi connectivity index (χ0v) is 20.3. The van der Waals surface area contributed by atoms with Crippen LogP contribution in [-0.2, 0) is 10.5 Å². The molecule has 4 rings (SSSR count). The molecule has 6 nitrogen and oxygen atoms in total. The molecule has 0 bridgehead atoms. The number of carboxylic acid groups (broad SMARTS) is 1. The predicted molar refractivity (Wildman–Crippen MR) is 132 cm³/mol. The van der Waals surface area contributed by atoms with Crippen molar-refractivity contribution in [2.45, 2.75) is 42.9 Å². The number of aryl methyl sites for hydroxylation is 1. The lowest BCUT2D eigenvalue weighted by Crippen LogP contribution is -2.38. The Morgan fingerprint density at radius 2 is 1.89 bits per heavy atom. The van der Waals surface area contributed by atoms with Crippen molar-refractivity contribution < 1.29 is 32.5 Å². The fraction of sp³-hybridized carbons (Fsp3) is 0.269. The van der Waals surface area contributed by atoms with E-state index in [9.17, 15) is 27.8 Å². The lowest BCUT2D eigenvalue weighted by atomic mass is 9.86. The number of benzene rings is 3. The number of aliphatic carboxylic acids is 1. The maximum Gasteiger partial charge on any atom is 0.304 e. The third-order valence-corrected chi connectivity index (χ3v) is 9.54. The molecule has 1 heterocycles. The van der Waals surface area contributed by atoms with Gasteiger partial charge in [0.2, 0.25) is 0 Å². The molecule has 1 unspecified atom stereocenters. The van der Waals surface area contributed by atoms with E-state index in [-0.39, 0.29) is 28.9 Å². The summed E-state index contributed by atoms with van der Waals surface area (Å²) in [6.07, 6.45) is -0.715. The molecule has 4 N–H and O–H groups in total. The van der Waals surface area contributed by atoms with Gasteiger partial charge in [0.15, 0.2) is 0 Å². The normalized spacial score (nSPS) is 20.4. The maximum absolute atomic E-state index is 14.6. The molecule has 188 valence electrons. The van der Waals surface area contributed by atoms with Gasteiger partial charge in [0.25, 0.3) is 0 Å². The Hall–Kier alpha value is -2.98. The third kappa shape index (κ3) is 5.18. The van der Waals surface area contributed by atoms with E-state index >= 15 is 0 Å². The largest absolute Gasteiger partial charge is 0.487 e. The molecule has 2 atom stereocenters. The van der Waals surface area contributed by atoms with Crippen molar-refractivity contribution in [1.29, 1.82) is 0 Å². The minimum Gasteiger partial charge on any atom is -0.487 e. The summed E-state index contributed by atoms with van der Waals surface area (Å²) < 4.78 is 60.6. The monoisotopic (exact) mass is 505 g/mol. The first-order valence-corrected chi connectivity index (χ1v) is 13.6. The van der Waals surface area contributed by atoms with Crippen LogP contribution in [0.3, 0.4) is 0 Å². The average molecular weight is 506 g/mol. The van der Waals surface area contributed by atoms with Crippen LogP contribution in [0.1, 0.15) is 41.5 Å². The van der Waals surface area contributed by atoms with E-state index in [1.54, 1.807) is 42.5 Å². The first-order valence-electron chi connectivity index (χ1n) is 11.2. The standard InChI is InChI=1S/C26H29F2NO5S/c1-16-7-8-18(22(13-26(30)31)21-10-9-20(27)12-23(21)28)11-19(16)15-35(32,33)25-6-4-3-5-24(25)34-17(2)14-29-35/h3-12,17,22,29,32-33,35H,13-15H2,1-2H3,(H,30,31)/t17-,22?/m1/s1. The number of carbonyl (C=O) groups is 1. The van der Waals surface area contributed by atoms with Crippen LogP contribution in [0.15, 0.2) is 65.6 Å². The molecule has 0 saturated heterocycles. The third-order valence-electron chi connectivity index (χ3n) is 6.37. The molecule has 1 aliphatic rings. The minimum atomic E-state index is -4.72. The van der Waals surface area contributed by atoms with E-state index in [2.05, 4.69) is 4.72 Å². The van der Waals surface area contributed by atoms with Gasteiger partial charge in [-0.3, -0.25) is 4.79 Å². The maximum atomic E-state index is 14.6. The van der Waals surface area contributed by atoms with Crippen LogP contribution in [0.5, 0.6) is 5.75 Å². The number of para-hydroxylation sites is 1. The number of nitrogens with one attached hydrogen (secondary N) is 1. The molecule has 9 heteroatoms. The van der Waals surface area contributed by atoms with E-state index in [0.29, 0.717) is 16.9 Å². The zero-order valence-electron chi connectivity index (χ0n) is 19.4.